The fourth-order valence-corrected chi connectivity index (χ4v) is 4.05. The molecule has 0 saturated heterocycles. The van der Waals surface area contributed by atoms with Crippen LogP contribution in [0.3, 0.4) is 0 Å². The lowest BCUT2D eigenvalue weighted by Crippen LogP contribution is -2.37. The first-order valence-corrected chi connectivity index (χ1v) is 11.7. The molecule has 4 N–H and O–H groups in total. The van der Waals surface area contributed by atoms with Crippen molar-refractivity contribution in [2.24, 2.45) is 0 Å². The average Bonchev–Trinajstić information content (AvgIpc) is 3.32. The fraction of sp³-hybridized carbons (Fsp3) is 0.182. The quantitative estimate of drug-likeness (QED) is 0.255. The number of anilines is 3. The van der Waals surface area contributed by atoms with Crippen molar-refractivity contribution in [2.45, 2.75) is 19.6 Å². The van der Waals surface area contributed by atoms with Gasteiger partial charge in [-0.2, -0.15) is 0 Å². The molecule has 0 saturated carbocycles. The van der Waals surface area contributed by atoms with Crippen LogP contribution in [0.2, 0.25) is 5.02 Å². The van der Waals surface area contributed by atoms with Crippen LogP contribution in [0.5, 0.6) is 5.75 Å². The zero-order valence-electron chi connectivity index (χ0n) is 17.6. The van der Waals surface area contributed by atoms with Crippen LogP contribution in [-0.2, 0) is 6.61 Å². The molecule has 4 aromatic rings. The number of ether oxygens (including phenoxy) is 1. The highest BCUT2D eigenvalue weighted by Crippen LogP contribution is 2.31. The normalized spacial score (nSPS) is 11.7. The Morgan fingerprint density at radius 1 is 1.18 bits per heavy atom. The number of halogens is 1. The van der Waals surface area contributed by atoms with Gasteiger partial charge < -0.3 is 25.8 Å². The standard InChI is InChI=1S/C22H21ClN6O2S2/c1-13(10-30)27-22(32)29-14-2-4-18-16(8-14)21(26-12-25-18)28-15-3-5-19(17(23)9-15)31-11-20-24-6-7-33-20/h2-9,12-13,30H,10-11H2,1H3,(H,25,26,28)(H2,27,29,32). The molecule has 0 amide bonds. The van der Waals surface area contributed by atoms with Crippen molar-refractivity contribution < 1.29 is 9.84 Å². The van der Waals surface area contributed by atoms with Gasteiger partial charge in [-0.05, 0) is 55.5 Å². The molecule has 1 unspecified atom stereocenters. The third-order valence-corrected chi connectivity index (χ3v) is 5.84. The number of thiazole rings is 1. The fourth-order valence-electron chi connectivity index (χ4n) is 2.97. The van der Waals surface area contributed by atoms with Gasteiger partial charge >= 0.3 is 0 Å². The molecular formula is C22H21ClN6O2S2. The molecule has 4 rings (SSSR count). The van der Waals surface area contributed by atoms with Crippen molar-refractivity contribution >= 4 is 68.4 Å². The van der Waals surface area contributed by atoms with Crippen LogP contribution >= 0.6 is 35.2 Å². The van der Waals surface area contributed by atoms with E-state index in [-0.39, 0.29) is 12.6 Å². The molecule has 33 heavy (non-hydrogen) atoms. The third-order valence-electron chi connectivity index (χ3n) is 4.57. The second kappa shape index (κ2) is 10.7. The largest absolute Gasteiger partial charge is 0.485 e. The molecule has 2 aromatic carbocycles. The van der Waals surface area contributed by atoms with Gasteiger partial charge in [-0.25, -0.2) is 15.0 Å². The number of fused-ring (bicyclic) bond motifs is 1. The summed E-state index contributed by atoms with van der Waals surface area (Å²) in [6.45, 7) is 2.19. The number of benzene rings is 2. The minimum absolute atomic E-state index is 0.0151. The summed E-state index contributed by atoms with van der Waals surface area (Å²) in [5.41, 5.74) is 2.30. The van der Waals surface area contributed by atoms with Crippen molar-refractivity contribution in [2.75, 3.05) is 17.2 Å². The first kappa shape index (κ1) is 23.1. The zero-order chi connectivity index (χ0) is 23.2. The van der Waals surface area contributed by atoms with Gasteiger partial charge in [0, 0.05) is 34.4 Å². The van der Waals surface area contributed by atoms with E-state index >= 15 is 0 Å². The van der Waals surface area contributed by atoms with E-state index in [1.54, 1.807) is 18.3 Å². The Morgan fingerprint density at radius 2 is 2.03 bits per heavy atom. The summed E-state index contributed by atoms with van der Waals surface area (Å²) in [5, 5.41) is 23.1. The molecule has 0 aliphatic heterocycles. The summed E-state index contributed by atoms with van der Waals surface area (Å²) in [5.74, 6) is 1.20. The third kappa shape index (κ3) is 6.05. The number of nitrogens with zero attached hydrogens (tertiary/aromatic N) is 3. The minimum atomic E-state index is -0.149. The number of aliphatic hydroxyl groups is 1. The molecular weight excluding hydrogens is 480 g/mol. The summed E-state index contributed by atoms with van der Waals surface area (Å²) in [4.78, 5) is 12.9. The predicted octanol–water partition coefficient (Wildman–Crippen LogP) is 4.73. The number of thiocarbonyl (C=S) groups is 1. The van der Waals surface area contributed by atoms with E-state index in [2.05, 4.69) is 30.9 Å². The van der Waals surface area contributed by atoms with Gasteiger partial charge in [0.05, 0.1) is 17.1 Å². The molecule has 0 aliphatic carbocycles. The molecule has 2 aromatic heterocycles. The zero-order valence-corrected chi connectivity index (χ0v) is 20.0. The molecule has 1 atom stereocenters. The Balaban J connectivity index is 1.50. The van der Waals surface area contributed by atoms with E-state index in [0.717, 1.165) is 27.3 Å². The van der Waals surface area contributed by atoms with Gasteiger partial charge in [-0.1, -0.05) is 11.6 Å². The predicted molar refractivity (Wildman–Crippen MR) is 137 cm³/mol. The second-order valence-corrected chi connectivity index (χ2v) is 8.92. The molecule has 0 radical (unpaired) electrons. The second-order valence-electron chi connectivity index (χ2n) is 7.12. The summed E-state index contributed by atoms with van der Waals surface area (Å²) in [7, 11) is 0. The highest BCUT2D eigenvalue weighted by Gasteiger charge is 2.10. The lowest BCUT2D eigenvalue weighted by Gasteiger charge is -2.15. The Bertz CT molecular complexity index is 1260. The Labute approximate surface area is 205 Å². The molecule has 2 heterocycles. The molecule has 11 heteroatoms. The lowest BCUT2D eigenvalue weighted by molar-refractivity contribution is 0.264. The highest BCUT2D eigenvalue weighted by atomic mass is 35.5. The van der Waals surface area contributed by atoms with Crippen molar-refractivity contribution in [1.29, 1.82) is 0 Å². The van der Waals surface area contributed by atoms with Crippen LogP contribution in [0.1, 0.15) is 11.9 Å². The summed E-state index contributed by atoms with van der Waals surface area (Å²) in [6, 6.07) is 11.0. The van der Waals surface area contributed by atoms with E-state index in [1.807, 2.05) is 36.6 Å². The van der Waals surface area contributed by atoms with Crippen LogP contribution in [0.4, 0.5) is 17.2 Å². The first-order valence-electron chi connectivity index (χ1n) is 10.0. The van der Waals surface area contributed by atoms with Crippen LogP contribution in [0.15, 0.2) is 54.3 Å². The van der Waals surface area contributed by atoms with Crippen LogP contribution < -0.4 is 20.7 Å². The molecule has 0 spiro atoms. The number of hydrogen-bond acceptors (Lipinski definition) is 8. The minimum Gasteiger partial charge on any atom is -0.485 e. The maximum atomic E-state index is 9.18. The van der Waals surface area contributed by atoms with Gasteiger partial charge in [0.2, 0.25) is 0 Å². The maximum Gasteiger partial charge on any atom is 0.171 e. The van der Waals surface area contributed by atoms with Crippen LogP contribution in [0, 0.1) is 0 Å². The average molecular weight is 501 g/mol. The Kier molecular flexibility index (Phi) is 7.50. The van der Waals surface area contributed by atoms with E-state index < -0.39 is 0 Å². The summed E-state index contributed by atoms with van der Waals surface area (Å²) < 4.78 is 5.77. The van der Waals surface area contributed by atoms with E-state index in [0.29, 0.717) is 28.3 Å². The Hall–Kier alpha value is -3.05. The molecule has 0 aliphatic rings. The van der Waals surface area contributed by atoms with Crippen molar-refractivity contribution in [3.05, 3.63) is 64.3 Å². The van der Waals surface area contributed by atoms with E-state index in [1.165, 1.54) is 17.7 Å². The summed E-state index contributed by atoms with van der Waals surface area (Å²) in [6.07, 6.45) is 3.24. The number of hydrogen-bond donors (Lipinski definition) is 4. The molecule has 170 valence electrons. The lowest BCUT2D eigenvalue weighted by atomic mass is 10.2. The van der Waals surface area contributed by atoms with Gasteiger partial charge in [-0.15, -0.1) is 11.3 Å². The van der Waals surface area contributed by atoms with Crippen molar-refractivity contribution in [3.63, 3.8) is 0 Å². The van der Waals surface area contributed by atoms with Crippen molar-refractivity contribution in [1.82, 2.24) is 20.3 Å². The monoisotopic (exact) mass is 500 g/mol. The van der Waals surface area contributed by atoms with Crippen molar-refractivity contribution in [3.8, 4) is 5.75 Å². The van der Waals surface area contributed by atoms with Gasteiger partial charge in [0.15, 0.2) is 5.11 Å². The first-order chi connectivity index (χ1) is 16.0. The number of aliphatic hydroxyl groups excluding tert-OH is 1. The van der Waals surface area contributed by atoms with Crippen LogP contribution in [-0.4, -0.2) is 37.8 Å². The van der Waals surface area contributed by atoms with Gasteiger partial charge in [0.25, 0.3) is 0 Å². The number of aromatic nitrogens is 3. The highest BCUT2D eigenvalue weighted by molar-refractivity contribution is 7.80. The van der Waals surface area contributed by atoms with Gasteiger partial charge in [0.1, 0.15) is 29.5 Å². The van der Waals surface area contributed by atoms with E-state index in [4.69, 9.17) is 28.6 Å². The Morgan fingerprint density at radius 3 is 2.79 bits per heavy atom. The number of nitrogens with one attached hydrogen (secondary N) is 3. The smallest absolute Gasteiger partial charge is 0.171 e. The molecule has 8 nitrogen and oxygen atoms in total. The number of rotatable bonds is 8. The van der Waals surface area contributed by atoms with Crippen LogP contribution in [0.25, 0.3) is 10.9 Å². The summed E-state index contributed by atoms with van der Waals surface area (Å²) >= 11 is 13.3. The van der Waals surface area contributed by atoms with Gasteiger partial charge in [-0.3, -0.25) is 0 Å². The molecule has 0 fully saturated rings. The molecule has 0 bridgehead atoms. The maximum absolute atomic E-state index is 9.18. The topological polar surface area (TPSA) is 104 Å². The van der Waals surface area contributed by atoms with E-state index in [9.17, 15) is 5.11 Å². The SMILES string of the molecule is CC(CO)NC(=S)Nc1ccc2ncnc(Nc3ccc(OCc4nccs4)c(Cl)c3)c2c1.